The number of esters is 3. The maximum atomic E-state index is 11.1. The molecule has 0 aromatic heterocycles. The fraction of sp³-hybridized carbons (Fsp3) is 0.750. The van der Waals surface area contributed by atoms with Crippen LogP contribution in [0.1, 0.15) is 27.7 Å². The van der Waals surface area contributed by atoms with Crippen LogP contribution in [0.3, 0.4) is 0 Å². The van der Waals surface area contributed by atoms with E-state index in [1.807, 2.05) is 0 Å². The lowest BCUT2D eigenvalue weighted by Crippen LogP contribution is -2.60. The molecule has 8 heteroatoms. The van der Waals surface area contributed by atoms with Crippen LogP contribution >= 0.6 is 0 Å². The molecule has 0 saturated carbocycles. The second kappa shape index (κ2) is 6.67. The molecule has 1 fully saturated rings. The van der Waals surface area contributed by atoms with Crippen molar-refractivity contribution in [3.8, 4) is 0 Å². The first kappa shape index (κ1) is 16.4. The molecule has 0 aliphatic carbocycles. The molecule has 1 aliphatic heterocycles. The van der Waals surface area contributed by atoms with Gasteiger partial charge < -0.3 is 24.1 Å². The van der Waals surface area contributed by atoms with Crippen LogP contribution in [0.25, 0.3) is 0 Å². The van der Waals surface area contributed by atoms with Gasteiger partial charge in [-0.25, -0.2) is 0 Å². The molecule has 8 nitrogen and oxygen atoms in total. The monoisotopic (exact) mass is 290 g/mol. The fourth-order valence-electron chi connectivity index (χ4n) is 1.89. The molecular weight excluding hydrogens is 272 g/mol. The highest BCUT2D eigenvalue weighted by molar-refractivity contribution is 5.68. The average molecular weight is 290 g/mol. The Kier molecular flexibility index (Phi) is 5.46. The Labute approximate surface area is 115 Å². The minimum Gasteiger partial charge on any atom is -0.455 e. The Morgan fingerprint density at radius 3 is 1.80 bits per heavy atom. The molecule has 0 aromatic rings. The van der Waals surface area contributed by atoms with Crippen molar-refractivity contribution in [2.75, 3.05) is 0 Å². The van der Waals surface area contributed by atoms with E-state index in [1.165, 1.54) is 6.92 Å². The number of ether oxygens (including phenoxy) is 4. The molecular formula is C12H18O8. The Hall–Kier alpha value is -1.67. The van der Waals surface area contributed by atoms with Crippen LogP contribution in [0.15, 0.2) is 0 Å². The Morgan fingerprint density at radius 1 is 0.900 bits per heavy atom. The number of hydrogen-bond donors (Lipinski definition) is 1. The number of carbonyl (C=O) groups excluding carboxylic acids is 3. The molecule has 1 unspecified atom stereocenters. The van der Waals surface area contributed by atoms with Crippen LogP contribution in [0.2, 0.25) is 0 Å². The van der Waals surface area contributed by atoms with Crippen LogP contribution in [0.5, 0.6) is 0 Å². The lowest BCUT2D eigenvalue weighted by Gasteiger charge is -2.41. The van der Waals surface area contributed by atoms with Crippen LogP contribution in [-0.4, -0.2) is 53.7 Å². The van der Waals surface area contributed by atoms with E-state index in [4.69, 9.17) is 18.9 Å². The molecule has 0 aromatic carbocycles. The second-order valence-corrected chi connectivity index (χ2v) is 4.46. The highest BCUT2D eigenvalue weighted by Gasteiger charge is 2.49. The Morgan fingerprint density at radius 2 is 1.35 bits per heavy atom. The van der Waals surface area contributed by atoms with Crippen molar-refractivity contribution in [3.63, 3.8) is 0 Å². The molecule has 20 heavy (non-hydrogen) atoms. The number of aliphatic hydroxyl groups excluding tert-OH is 1. The summed E-state index contributed by atoms with van der Waals surface area (Å²) in [5.41, 5.74) is 0. The minimum absolute atomic E-state index is 0.655. The van der Waals surface area contributed by atoms with Gasteiger partial charge in [-0.1, -0.05) is 0 Å². The minimum atomic E-state index is -1.25. The molecule has 1 aliphatic rings. The lowest BCUT2D eigenvalue weighted by molar-refractivity contribution is -0.290. The zero-order chi connectivity index (χ0) is 15.4. The van der Waals surface area contributed by atoms with Gasteiger partial charge in [0.05, 0.1) is 6.10 Å². The maximum absolute atomic E-state index is 11.1. The van der Waals surface area contributed by atoms with Gasteiger partial charge in [0.15, 0.2) is 6.10 Å². The summed E-state index contributed by atoms with van der Waals surface area (Å²) in [6, 6.07) is 0. The van der Waals surface area contributed by atoms with Crippen molar-refractivity contribution in [1.82, 2.24) is 0 Å². The van der Waals surface area contributed by atoms with Gasteiger partial charge in [0.2, 0.25) is 12.4 Å². The van der Waals surface area contributed by atoms with Crippen molar-refractivity contribution in [3.05, 3.63) is 0 Å². The van der Waals surface area contributed by atoms with Crippen LogP contribution < -0.4 is 0 Å². The third-order valence-electron chi connectivity index (χ3n) is 2.64. The predicted octanol–water partition coefficient (Wildman–Crippen LogP) is -0.481. The third-order valence-corrected chi connectivity index (χ3v) is 2.64. The standard InChI is InChI=1S/C12H18O8/c1-5-9(16)10(18-6(2)13)11(19-7(3)14)12(17-5)20-8(4)15/h5,9-12,16H,1-4H3/t5-,9+,10+,11-,12?/m1/s1. The van der Waals surface area contributed by atoms with Gasteiger partial charge in [-0.2, -0.15) is 0 Å². The quantitative estimate of drug-likeness (QED) is 0.548. The summed E-state index contributed by atoms with van der Waals surface area (Å²) in [7, 11) is 0. The van der Waals surface area contributed by atoms with Crippen molar-refractivity contribution in [2.45, 2.75) is 58.4 Å². The molecule has 114 valence electrons. The number of rotatable bonds is 3. The molecule has 1 N–H and O–H groups in total. The van der Waals surface area contributed by atoms with Crippen molar-refractivity contribution >= 4 is 17.9 Å². The molecule has 0 bridgehead atoms. The second-order valence-electron chi connectivity index (χ2n) is 4.46. The Bertz CT molecular complexity index is 393. The largest absolute Gasteiger partial charge is 0.455 e. The van der Waals surface area contributed by atoms with E-state index in [-0.39, 0.29) is 0 Å². The van der Waals surface area contributed by atoms with Crippen LogP contribution in [0.4, 0.5) is 0 Å². The SMILES string of the molecule is CC(=O)OC1O[C@H](C)[C@H](O)[C@H](OC(C)=O)[C@H]1OC(C)=O. The van der Waals surface area contributed by atoms with E-state index in [0.717, 1.165) is 20.8 Å². The van der Waals surface area contributed by atoms with Gasteiger partial charge >= 0.3 is 17.9 Å². The first-order valence-corrected chi connectivity index (χ1v) is 6.07. The summed E-state index contributed by atoms with van der Waals surface area (Å²) in [5.74, 6) is -2.01. The molecule has 1 saturated heterocycles. The van der Waals surface area contributed by atoms with Gasteiger partial charge in [0, 0.05) is 20.8 Å². The van der Waals surface area contributed by atoms with Crippen molar-refractivity contribution in [1.29, 1.82) is 0 Å². The van der Waals surface area contributed by atoms with E-state index >= 15 is 0 Å². The predicted molar refractivity (Wildman–Crippen MR) is 63.2 cm³/mol. The third kappa shape index (κ3) is 4.17. The summed E-state index contributed by atoms with van der Waals surface area (Å²) in [4.78, 5) is 33.3. The van der Waals surface area contributed by atoms with Crippen LogP contribution in [-0.2, 0) is 33.3 Å². The number of aliphatic hydroxyl groups is 1. The number of hydrogen-bond acceptors (Lipinski definition) is 8. The topological polar surface area (TPSA) is 108 Å². The molecule has 1 rings (SSSR count). The zero-order valence-corrected chi connectivity index (χ0v) is 11.7. The Balaban J connectivity index is 3.00. The maximum Gasteiger partial charge on any atom is 0.305 e. The molecule has 0 radical (unpaired) electrons. The van der Waals surface area contributed by atoms with Gasteiger partial charge in [-0.3, -0.25) is 14.4 Å². The summed E-state index contributed by atoms with van der Waals surface area (Å²) in [6.45, 7) is 4.96. The van der Waals surface area contributed by atoms with E-state index in [9.17, 15) is 19.5 Å². The summed E-state index contributed by atoms with van der Waals surface area (Å²) in [5, 5.41) is 9.99. The summed E-state index contributed by atoms with van der Waals surface area (Å²) in [6.07, 6.45) is -5.64. The van der Waals surface area contributed by atoms with Crippen molar-refractivity contribution in [2.24, 2.45) is 0 Å². The highest BCUT2D eigenvalue weighted by Crippen LogP contribution is 2.27. The summed E-state index contributed by atoms with van der Waals surface area (Å²) >= 11 is 0. The average Bonchev–Trinajstić information content (AvgIpc) is 2.28. The molecule has 0 spiro atoms. The highest BCUT2D eigenvalue weighted by atomic mass is 16.7. The van der Waals surface area contributed by atoms with Gasteiger partial charge in [0.1, 0.15) is 6.10 Å². The van der Waals surface area contributed by atoms with Crippen molar-refractivity contribution < 1.29 is 38.4 Å². The zero-order valence-electron chi connectivity index (χ0n) is 11.7. The lowest BCUT2D eigenvalue weighted by atomic mass is 9.99. The molecule has 0 amide bonds. The van der Waals surface area contributed by atoms with E-state index in [2.05, 4.69) is 0 Å². The molecule has 5 atom stereocenters. The van der Waals surface area contributed by atoms with Gasteiger partial charge in [0.25, 0.3) is 0 Å². The smallest absolute Gasteiger partial charge is 0.305 e. The van der Waals surface area contributed by atoms with Gasteiger partial charge in [-0.05, 0) is 6.92 Å². The first-order chi connectivity index (χ1) is 9.22. The van der Waals surface area contributed by atoms with Gasteiger partial charge in [-0.15, -0.1) is 0 Å². The summed E-state index contributed by atoms with van der Waals surface area (Å²) < 4.78 is 20.1. The van der Waals surface area contributed by atoms with E-state index in [1.54, 1.807) is 0 Å². The van der Waals surface area contributed by atoms with Crippen LogP contribution in [0, 0.1) is 0 Å². The van der Waals surface area contributed by atoms with E-state index in [0.29, 0.717) is 0 Å². The van der Waals surface area contributed by atoms with E-state index < -0.39 is 48.6 Å². The first-order valence-electron chi connectivity index (χ1n) is 6.07. The molecule has 1 heterocycles. The fourth-order valence-corrected chi connectivity index (χ4v) is 1.89. The number of carbonyl (C=O) groups is 3. The normalized spacial score (nSPS) is 33.1.